The van der Waals surface area contributed by atoms with Gasteiger partial charge in [-0.2, -0.15) is 0 Å². The molecule has 0 amide bonds. The molecule has 2 aromatic carbocycles. The van der Waals surface area contributed by atoms with E-state index >= 15 is 0 Å². The number of furan rings is 1. The molecule has 12 heteroatoms. The minimum atomic E-state index is -0.471. The van der Waals surface area contributed by atoms with Crippen molar-refractivity contribution in [1.82, 2.24) is 35.1 Å². The summed E-state index contributed by atoms with van der Waals surface area (Å²) in [6.07, 6.45) is 1.63. The molecule has 1 fully saturated rings. The summed E-state index contributed by atoms with van der Waals surface area (Å²) in [7, 11) is 0. The quantitative estimate of drug-likeness (QED) is 0.290. The van der Waals surface area contributed by atoms with Crippen LogP contribution in [0.2, 0.25) is 0 Å². The molecule has 1 aliphatic rings. The minimum absolute atomic E-state index is 0.173. The van der Waals surface area contributed by atoms with Gasteiger partial charge in [-0.1, -0.05) is 23.5 Å². The highest BCUT2D eigenvalue weighted by Crippen LogP contribution is 2.32. The molecule has 208 valence electrons. The molecule has 1 saturated heterocycles. The molecule has 0 spiro atoms. The number of nitrogens with zero attached hydrogens (tertiary/aromatic N) is 7. The normalized spacial score (nSPS) is 15.1. The monoisotopic (exact) mass is 568 g/mol. The SMILES string of the molecule is CCOc1ccc2[nH]c(=O)c([C@H](c3nnnn3Cc3ccco3)N3CCN(c4nc5ccccc5s4)CC3)cc2c1. The molecule has 4 aromatic heterocycles. The molecule has 1 N–H and O–H groups in total. The van der Waals surface area contributed by atoms with Crippen LogP contribution in [0.5, 0.6) is 5.75 Å². The van der Waals surface area contributed by atoms with Crippen LogP contribution in [-0.4, -0.2) is 67.9 Å². The Morgan fingerprint density at radius 3 is 2.76 bits per heavy atom. The number of ether oxygens (including phenoxy) is 1. The molecule has 0 radical (unpaired) electrons. The third-order valence-corrected chi connectivity index (χ3v) is 8.47. The average molecular weight is 569 g/mol. The number of piperazine rings is 1. The highest BCUT2D eigenvalue weighted by molar-refractivity contribution is 7.22. The number of pyridine rings is 1. The minimum Gasteiger partial charge on any atom is -0.494 e. The summed E-state index contributed by atoms with van der Waals surface area (Å²) in [4.78, 5) is 26.1. The topological polar surface area (TPSA) is 118 Å². The van der Waals surface area contributed by atoms with Crippen LogP contribution in [0.4, 0.5) is 5.13 Å². The zero-order chi connectivity index (χ0) is 27.8. The molecule has 1 aliphatic heterocycles. The van der Waals surface area contributed by atoms with Crippen LogP contribution >= 0.6 is 11.3 Å². The Labute approximate surface area is 239 Å². The first-order chi connectivity index (χ1) is 20.2. The van der Waals surface area contributed by atoms with Gasteiger partial charge in [-0.3, -0.25) is 9.69 Å². The van der Waals surface area contributed by atoms with Gasteiger partial charge in [0.25, 0.3) is 5.56 Å². The van der Waals surface area contributed by atoms with Gasteiger partial charge < -0.3 is 19.0 Å². The third-order valence-electron chi connectivity index (χ3n) is 7.37. The fourth-order valence-electron chi connectivity index (χ4n) is 5.40. The van der Waals surface area contributed by atoms with E-state index in [1.165, 1.54) is 4.70 Å². The maximum Gasteiger partial charge on any atom is 0.253 e. The number of benzene rings is 2. The molecule has 1 atom stereocenters. The molecule has 6 aromatic rings. The highest BCUT2D eigenvalue weighted by atomic mass is 32.1. The van der Waals surface area contributed by atoms with E-state index in [-0.39, 0.29) is 5.56 Å². The zero-order valence-electron chi connectivity index (χ0n) is 22.4. The van der Waals surface area contributed by atoms with Crippen LogP contribution < -0.4 is 15.2 Å². The number of nitrogens with one attached hydrogen (secondary N) is 1. The van der Waals surface area contributed by atoms with Crippen LogP contribution in [0.1, 0.15) is 30.1 Å². The molecule has 0 unspecified atom stereocenters. The number of hydrogen-bond acceptors (Lipinski definition) is 10. The number of para-hydroxylation sites is 1. The van der Waals surface area contributed by atoms with Crippen molar-refractivity contribution in [3.8, 4) is 5.75 Å². The maximum atomic E-state index is 13.6. The number of anilines is 1. The van der Waals surface area contributed by atoms with Crippen molar-refractivity contribution in [2.75, 3.05) is 37.7 Å². The summed E-state index contributed by atoms with van der Waals surface area (Å²) in [6.45, 7) is 5.79. The molecular weight excluding hydrogens is 540 g/mol. The van der Waals surface area contributed by atoms with Gasteiger partial charge in [0.2, 0.25) is 0 Å². The lowest BCUT2D eigenvalue weighted by Crippen LogP contribution is -2.49. The van der Waals surface area contributed by atoms with Gasteiger partial charge in [0.1, 0.15) is 24.1 Å². The number of fused-ring (bicyclic) bond motifs is 2. The number of aromatic nitrogens is 6. The maximum absolute atomic E-state index is 13.6. The number of rotatable bonds is 8. The van der Waals surface area contributed by atoms with Crippen molar-refractivity contribution < 1.29 is 9.15 Å². The molecule has 0 bridgehead atoms. The second kappa shape index (κ2) is 10.8. The van der Waals surface area contributed by atoms with Crippen molar-refractivity contribution in [1.29, 1.82) is 0 Å². The Bertz CT molecular complexity index is 1820. The Balaban J connectivity index is 1.25. The number of tetrazole rings is 1. The largest absolute Gasteiger partial charge is 0.494 e. The Morgan fingerprint density at radius 1 is 1.07 bits per heavy atom. The smallest absolute Gasteiger partial charge is 0.253 e. The fourth-order valence-corrected chi connectivity index (χ4v) is 6.41. The van der Waals surface area contributed by atoms with Gasteiger partial charge in [0.05, 0.1) is 23.1 Å². The third kappa shape index (κ3) is 4.96. The molecule has 41 heavy (non-hydrogen) atoms. The number of thiazole rings is 1. The second-order valence-electron chi connectivity index (χ2n) is 9.90. The summed E-state index contributed by atoms with van der Waals surface area (Å²) in [5, 5.41) is 14.6. The molecule has 0 saturated carbocycles. The molecule has 7 rings (SSSR count). The van der Waals surface area contributed by atoms with Crippen molar-refractivity contribution >= 4 is 37.6 Å². The molecular formula is C29H28N8O3S. The van der Waals surface area contributed by atoms with E-state index in [9.17, 15) is 4.79 Å². The van der Waals surface area contributed by atoms with Gasteiger partial charge in [-0.15, -0.1) is 5.10 Å². The average Bonchev–Trinajstić information content (AvgIpc) is 3.76. The first kappa shape index (κ1) is 25.4. The van der Waals surface area contributed by atoms with E-state index in [1.54, 1.807) is 22.3 Å². The zero-order valence-corrected chi connectivity index (χ0v) is 23.3. The van der Waals surface area contributed by atoms with Crippen LogP contribution in [0.15, 0.2) is 76.1 Å². The Kier molecular flexibility index (Phi) is 6.69. The fraction of sp³-hybridized carbons (Fsp3) is 0.276. The van der Waals surface area contributed by atoms with Crippen LogP contribution in [0.3, 0.4) is 0 Å². The van der Waals surface area contributed by atoms with E-state index < -0.39 is 6.04 Å². The van der Waals surface area contributed by atoms with Gasteiger partial charge >= 0.3 is 0 Å². The predicted molar refractivity (Wildman–Crippen MR) is 157 cm³/mol. The van der Waals surface area contributed by atoms with E-state index in [4.69, 9.17) is 14.1 Å². The predicted octanol–water partition coefficient (Wildman–Crippen LogP) is 4.08. The van der Waals surface area contributed by atoms with Crippen molar-refractivity contribution in [3.05, 3.63) is 94.4 Å². The second-order valence-corrected chi connectivity index (χ2v) is 10.9. The highest BCUT2D eigenvalue weighted by Gasteiger charge is 2.33. The summed E-state index contributed by atoms with van der Waals surface area (Å²) in [6, 6.07) is 19.1. The van der Waals surface area contributed by atoms with Gasteiger partial charge in [-0.25, -0.2) is 9.67 Å². The lowest BCUT2D eigenvalue weighted by atomic mass is 10.0. The Morgan fingerprint density at radius 2 is 1.95 bits per heavy atom. The van der Waals surface area contributed by atoms with Gasteiger partial charge in [0, 0.05) is 42.6 Å². The summed E-state index contributed by atoms with van der Waals surface area (Å²) < 4.78 is 14.2. The summed E-state index contributed by atoms with van der Waals surface area (Å²) in [5.74, 6) is 2.06. The Hall–Kier alpha value is -4.55. The van der Waals surface area contributed by atoms with Crippen molar-refractivity contribution in [2.24, 2.45) is 0 Å². The van der Waals surface area contributed by atoms with E-state index in [0.29, 0.717) is 37.6 Å². The van der Waals surface area contributed by atoms with E-state index in [1.807, 2.05) is 61.5 Å². The van der Waals surface area contributed by atoms with Crippen LogP contribution in [0, 0.1) is 0 Å². The number of aromatic amines is 1. The van der Waals surface area contributed by atoms with Gasteiger partial charge in [-0.05, 0) is 65.9 Å². The standard InChI is InChI=1S/C29H28N8O3S/c1-2-39-20-9-10-23-19(16-20)17-22(28(38)30-23)26(27-32-33-34-37(27)18-21-6-5-15-40-21)35-11-13-36(14-12-35)29-31-24-7-3-4-8-25(24)41-29/h3-10,15-17,26H,2,11-14,18H2,1H3,(H,30,38)/t26-/m1/s1. The van der Waals surface area contributed by atoms with Crippen LogP contribution in [0.25, 0.3) is 21.1 Å². The van der Waals surface area contributed by atoms with Crippen LogP contribution in [-0.2, 0) is 6.54 Å². The number of H-pyrrole nitrogens is 1. The molecule has 11 nitrogen and oxygen atoms in total. The summed E-state index contributed by atoms with van der Waals surface area (Å²) in [5.41, 5.74) is 2.17. The van der Waals surface area contributed by atoms with Crippen molar-refractivity contribution in [2.45, 2.75) is 19.5 Å². The first-order valence-corrected chi connectivity index (χ1v) is 14.4. The lowest BCUT2D eigenvalue weighted by Gasteiger charge is -2.38. The molecule has 0 aliphatic carbocycles. The molecule has 5 heterocycles. The summed E-state index contributed by atoms with van der Waals surface area (Å²) >= 11 is 1.70. The van der Waals surface area contributed by atoms with E-state index in [0.717, 1.165) is 46.2 Å². The number of hydrogen-bond donors (Lipinski definition) is 1. The first-order valence-electron chi connectivity index (χ1n) is 13.6. The van der Waals surface area contributed by atoms with Crippen molar-refractivity contribution in [3.63, 3.8) is 0 Å². The lowest BCUT2D eigenvalue weighted by molar-refractivity contribution is 0.200. The van der Waals surface area contributed by atoms with E-state index in [2.05, 4.69) is 36.4 Å². The van der Waals surface area contributed by atoms with Gasteiger partial charge in [0.15, 0.2) is 11.0 Å².